The summed E-state index contributed by atoms with van der Waals surface area (Å²) in [6, 6.07) is 6.92. The molecule has 0 saturated carbocycles. The van der Waals surface area contributed by atoms with Gasteiger partial charge in [-0.05, 0) is 12.1 Å². The molecule has 0 aliphatic heterocycles. The van der Waals surface area contributed by atoms with Crippen molar-refractivity contribution in [3.8, 4) is 11.8 Å². The van der Waals surface area contributed by atoms with Crippen LogP contribution in [0, 0.1) is 11.8 Å². The monoisotopic (exact) mass is 253 g/mol. The lowest BCUT2D eigenvalue weighted by Crippen LogP contribution is -2.13. The first-order chi connectivity index (χ1) is 9.31. The summed E-state index contributed by atoms with van der Waals surface area (Å²) in [5.74, 6) is 4.97. The van der Waals surface area contributed by atoms with Crippen LogP contribution in [0.4, 0.5) is 5.69 Å². The van der Waals surface area contributed by atoms with Gasteiger partial charge in [-0.15, -0.1) is 0 Å². The van der Waals surface area contributed by atoms with Gasteiger partial charge in [0, 0.05) is 5.56 Å². The summed E-state index contributed by atoms with van der Waals surface area (Å²) in [5.41, 5.74) is 1.51. The van der Waals surface area contributed by atoms with Crippen molar-refractivity contribution in [3.63, 3.8) is 0 Å². The number of hydrogen-bond acceptors (Lipinski definition) is 4. The van der Waals surface area contributed by atoms with Gasteiger partial charge in [0.25, 0.3) is 5.91 Å². The van der Waals surface area contributed by atoms with Crippen molar-refractivity contribution in [3.05, 3.63) is 54.1 Å². The van der Waals surface area contributed by atoms with Crippen molar-refractivity contribution < 1.29 is 9.90 Å². The molecule has 1 aromatic carbocycles. The summed E-state index contributed by atoms with van der Waals surface area (Å²) < 4.78 is 0. The SMILES string of the molecule is O=C(Nc1cncnc1)c1ccccc1C#CCO. The molecule has 0 aliphatic rings. The number of aliphatic hydroxyl groups excluding tert-OH is 1. The van der Waals surface area contributed by atoms with Crippen LogP contribution >= 0.6 is 0 Å². The number of hydrogen-bond donors (Lipinski definition) is 2. The maximum Gasteiger partial charge on any atom is 0.257 e. The molecule has 0 spiro atoms. The molecule has 0 atom stereocenters. The van der Waals surface area contributed by atoms with Crippen LogP contribution in [0.25, 0.3) is 0 Å². The fourth-order valence-corrected chi connectivity index (χ4v) is 1.49. The maximum atomic E-state index is 12.1. The van der Waals surface area contributed by atoms with E-state index >= 15 is 0 Å². The minimum absolute atomic E-state index is 0.248. The van der Waals surface area contributed by atoms with Gasteiger partial charge in [0.05, 0.1) is 23.6 Å². The van der Waals surface area contributed by atoms with Crippen LogP contribution in [0.5, 0.6) is 0 Å². The first kappa shape index (κ1) is 12.7. The molecule has 0 unspecified atom stereocenters. The topological polar surface area (TPSA) is 75.1 Å². The summed E-state index contributed by atoms with van der Waals surface area (Å²) in [6.07, 6.45) is 4.40. The lowest BCUT2D eigenvalue weighted by Gasteiger charge is -2.05. The van der Waals surface area contributed by atoms with Crippen LogP contribution in [-0.4, -0.2) is 27.6 Å². The van der Waals surface area contributed by atoms with Crippen LogP contribution in [0.1, 0.15) is 15.9 Å². The third-order valence-corrected chi connectivity index (χ3v) is 2.29. The lowest BCUT2D eigenvalue weighted by atomic mass is 10.1. The van der Waals surface area contributed by atoms with Gasteiger partial charge in [-0.1, -0.05) is 24.0 Å². The van der Waals surface area contributed by atoms with E-state index in [1.54, 1.807) is 24.3 Å². The fourth-order valence-electron chi connectivity index (χ4n) is 1.49. The lowest BCUT2D eigenvalue weighted by molar-refractivity contribution is 0.102. The zero-order chi connectivity index (χ0) is 13.5. The van der Waals surface area contributed by atoms with Gasteiger partial charge in [-0.2, -0.15) is 0 Å². The van der Waals surface area contributed by atoms with E-state index in [1.165, 1.54) is 18.7 Å². The number of carbonyl (C=O) groups excluding carboxylic acids is 1. The molecule has 0 fully saturated rings. The molecule has 94 valence electrons. The number of aliphatic hydroxyl groups is 1. The molecule has 2 N–H and O–H groups in total. The predicted octanol–water partition coefficient (Wildman–Crippen LogP) is 1.07. The van der Waals surface area contributed by atoms with E-state index < -0.39 is 0 Å². The molecule has 1 aromatic heterocycles. The van der Waals surface area contributed by atoms with Crippen molar-refractivity contribution in [2.24, 2.45) is 0 Å². The summed E-state index contributed by atoms with van der Waals surface area (Å²) in [4.78, 5) is 19.7. The van der Waals surface area contributed by atoms with Crippen molar-refractivity contribution >= 4 is 11.6 Å². The molecule has 0 bridgehead atoms. The Morgan fingerprint density at radius 1 is 1.26 bits per heavy atom. The second kappa shape index (κ2) is 6.28. The number of nitrogens with one attached hydrogen (secondary N) is 1. The molecule has 5 heteroatoms. The third-order valence-electron chi connectivity index (χ3n) is 2.29. The molecular formula is C14H11N3O2. The molecular weight excluding hydrogens is 242 g/mol. The Labute approximate surface area is 110 Å². The molecule has 2 rings (SSSR count). The van der Waals surface area contributed by atoms with E-state index in [-0.39, 0.29) is 12.5 Å². The Bertz CT molecular complexity index is 630. The predicted molar refractivity (Wildman–Crippen MR) is 70.4 cm³/mol. The van der Waals surface area contributed by atoms with E-state index in [1.807, 2.05) is 0 Å². The first-order valence-electron chi connectivity index (χ1n) is 5.56. The van der Waals surface area contributed by atoms with Crippen LogP contribution in [0.3, 0.4) is 0 Å². The summed E-state index contributed by atoms with van der Waals surface area (Å²) in [7, 11) is 0. The fraction of sp³-hybridized carbons (Fsp3) is 0.0714. The van der Waals surface area contributed by atoms with Gasteiger partial charge in [-0.25, -0.2) is 9.97 Å². The number of nitrogens with zero attached hydrogens (tertiary/aromatic N) is 2. The second-order valence-corrected chi connectivity index (χ2v) is 3.59. The van der Waals surface area contributed by atoms with Gasteiger partial charge in [0.15, 0.2) is 0 Å². The Balaban J connectivity index is 2.24. The largest absolute Gasteiger partial charge is 0.384 e. The number of benzene rings is 1. The van der Waals surface area contributed by atoms with Gasteiger partial charge in [0.2, 0.25) is 0 Å². The van der Waals surface area contributed by atoms with E-state index in [9.17, 15) is 4.79 Å². The normalized spacial score (nSPS) is 9.32. The van der Waals surface area contributed by atoms with Crippen molar-refractivity contribution in [1.82, 2.24) is 9.97 Å². The quantitative estimate of drug-likeness (QED) is 0.785. The Hall–Kier alpha value is -2.71. The van der Waals surface area contributed by atoms with Crippen molar-refractivity contribution in [2.45, 2.75) is 0 Å². The standard InChI is InChI=1S/C14H11N3O2/c18-7-3-5-11-4-1-2-6-13(11)14(19)17-12-8-15-10-16-9-12/h1-2,4,6,8-10,18H,7H2,(H,17,19). The molecule has 0 radical (unpaired) electrons. The average Bonchev–Trinajstić information content (AvgIpc) is 2.46. The highest BCUT2D eigenvalue weighted by atomic mass is 16.2. The highest BCUT2D eigenvalue weighted by Crippen LogP contribution is 2.10. The molecule has 19 heavy (non-hydrogen) atoms. The van der Waals surface area contributed by atoms with E-state index in [0.717, 1.165) is 0 Å². The summed E-state index contributed by atoms with van der Waals surface area (Å²) in [6.45, 7) is -0.248. The number of anilines is 1. The second-order valence-electron chi connectivity index (χ2n) is 3.59. The Kier molecular flexibility index (Phi) is 4.21. The van der Waals surface area contributed by atoms with Crippen LogP contribution in [0.2, 0.25) is 0 Å². The third kappa shape index (κ3) is 3.37. The minimum atomic E-state index is -0.294. The zero-order valence-electron chi connectivity index (χ0n) is 10.00. The van der Waals surface area contributed by atoms with E-state index in [2.05, 4.69) is 27.1 Å². The average molecular weight is 253 g/mol. The zero-order valence-corrected chi connectivity index (χ0v) is 10.00. The highest BCUT2D eigenvalue weighted by molar-refractivity contribution is 6.05. The first-order valence-corrected chi connectivity index (χ1v) is 5.56. The number of rotatable bonds is 2. The summed E-state index contributed by atoms with van der Waals surface area (Å²) in [5, 5.41) is 11.4. The summed E-state index contributed by atoms with van der Waals surface area (Å²) >= 11 is 0. The van der Waals surface area contributed by atoms with Gasteiger partial charge in [0.1, 0.15) is 12.9 Å². The Morgan fingerprint density at radius 3 is 2.74 bits per heavy atom. The van der Waals surface area contributed by atoms with Crippen LogP contribution in [0.15, 0.2) is 43.0 Å². The van der Waals surface area contributed by atoms with Gasteiger partial charge in [-0.3, -0.25) is 4.79 Å². The van der Waals surface area contributed by atoms with Gasteiger partial charge >= 0.3 is 0 Å². The van der Waals surface area contributed by atoms with E-state index in [0.29, 0.717) is 16.8 Å². The number of carbonyl (C=O) groups is 1. The van der Waals surface area contributed by atoms with Crippen LogP contribution < -0.4 is 5.32 Å². The minimum Gasteiger partial charge on any atom is -0.384 e. The number of amides is 1. The molecule has 2 aromatic rings. The number of aromatic nitrogens is 2. The molecule has 1 heterocycles. The van der Waals surface area contributed by atoms with Crippen molar-refractivity contribution in [1.29, 1.82) is 0 Å². The maximum absolute atomic E-state index is 12.1. The molecule has 5 nitrogen and oxygen atoms in total. The molecule has 0 aliphatic carbocycles. The molecule has 0 saturated heterocycles. The molecule has 1 amide bonds. The Morgan fingerprint density at radius 2 is 2.00 bits per heavy atom. The smallest absolute Gasteiger partial charge is 0.257 e. The van der Waals surface area contributed by atoms with Gasteiger partial charge < -0.3 is 10.4 Å². The van der Waals surface area contributed by atoms with Crippen molar-refractivity contribution in [2.75, 3.05) is 11.9 Å². The highest BCUT2D eigenvalue weighted by Gasteiger charge is 2.09. The van der Waals surface area contributed by atoms with E-state index in [4.69, 9.17) is 5.11 Å². The van der Waals surface area contributed by atoms with Crippen LogP contribution in [-0.2, 0) is 0 Å².